The van der Waals surface area contributed by atoms with Gasteiger partial charge in [-0.2, -0.15) is 0 Å². The molecule has 1 saturated heterocycles. The second kappa shape index (κ2) is 10.8. The molecule has 0 unspecified atom stereocenters. The molecule has 0 bridgehead atoms. The Morgan fingerprint density at radius 2 is 1.86 bits per heavy atom. The SMILES string of the molecule is CN(C(=O)c1cccs1)[C@H](Cc1ccccc1F)C1CCN(Cc2ccc3c(c2)OCCO3)CC1. The number of benzene rings is 2. The van der Waals surface area contributed by atoms with Gasteiger partial charge in [0.2, 0.25) is 0 Å². The third-order valence-corrected chi connectivity index (χ3v) is 7.98. The molecule has 1 amide bonds. The van der Waals surface area contributed by atoms with Crippen molar-refractivity contribution in [3.05, 3.63) is 81.8 Å². The molecule has 184 valence electrons. The van der Waals surface area contributed by atoms with Crippen molar-refractivity contribution in [3.8, 4) is 11.5 Å². The van der Waals surface area contributed by atoms with Crippen molar-refractivity contribution >= 4 is 17.2 Å². The minimum absolute atomic E-state index is 0.0139. The van der Waals surface area contributed by atoms with Gasteiger partial charge in [-0.05, 0) is 79.0 Å². The molecule has 5 rings (SSSR count). The highest BCUT2D eigenvalue weighted by atomic mass is 32.1. The highest BCUT2D eigenvalue weighted by molar-refractivity contribution is 7.12. The zero-order valence-electron chi connectivity index (χ0n) is 20.0. The first-order valence-electron chi connectivity index (χ1n) is 12.2. The van der Waals surface area contributed by atoms with Crippen LogP contribution in [0.4, 0.5) is 4.39 Å². The Morgan fingerprint density at radius 3 is 2.60 bits per heavy atom. The molecule has 2 aliphatic rings. The molecule has 1 atom stereocenters. The van der Waals surface area contributed by atoms with Crippen LogP contribution in [0.25, 0.3) is 0 Å². The van der Waals surface area contributed by atoms with Crippen LogP contribution in [0, 0.1) is 11.7 Å². The lowest BCUT2D eigenvalue weighted by Gasteiger charge is -2.40. The first-order valence-corrected chi connectivity index (χ1v) is 13.1. The zero-order valence-corrected chi connectivity index (χ0v) is 20.8. The van der Waals surface area contributed by atoms with E-state index < -0.39 is 0 Å². The second-order valence-electron chi connectivity index (χ2n) is 9.35. The van der Waals surface area contributed by atoms with E-state index in [-0.39, 0.29) is 17.8 Å². The standard InChI is InChI=1S/C28H31FN2O3S/c1-30(28(32)27-7-4-16-35-27)24(18-22-5-2-3-6-23(22)29)21-10-12-31(13-11-21)19-20-8-9-25-26(17-20)34-15-14-33-25/h2-9,16-17,21,24H,10-15,18-19H2,1H3/t24-/m1/s1. The van der Waals surface area contributed by atoms with Crippen molar-refractivity contribution < 1.29 is 18.7 Å². The number of likely N-dealkylation sites (tertiary alicyclic amines) is 1. The van der Waals surface area contributed by atoms with Gasteiger partial charge < -0.3 is 14.4 Å². The van der Waals surface area contributed by atoms with Crippen LogP contribution in [0.3, 0.4) is 0 Å². The highest BCUT2D eigenvalue weighted by Gasteiger charge is 2.33. The van der Waals surface area contributed by atoms with Gasteiger partial charge in [-0.25, -0.2) is 4.39 Å². The van der Waals surface area contributed by atoms with E-state index in [4.69, 9.17) is 9.47 Å². The molecule has 3 aromatic rings. The van der Waals surface area contributed by atoms with E-state index in [0.29, 0.717) is 31.1 Å². The quantitative estimate of drug-likeness (QED) is 0.450. The first-order chi connectivity index (χ1) is 17.1. The molecular formula is C28H31FN2O3S. The average molecular weight is 495 g/mol. The summed E-state index contributed by atoms with van der Waals surface area (Å²) in [5.74, 6) is 1.75. The smallest absolute Gasteiger partial charge is 0.263 e. The summed E-state index contributed by atoms with van der Waals surface area (Å²) in [4.78, 5) is 18.2. The summed E-state index contributed by atoms with van der Waals surface area (Å²) >= 11 is 1.45. The number of amides is 1. The number of ether oxygens (including phenoxy) is 2. The minimum atomic E-state index is -0.203. The van der Waals surface area contributed by atoms with Gasteiger partial charge in [-0.15, -0.1) is 11.3 Å². The molecule has 7 heteroatoms. The topological polar surface area (TPSA) is 42.0 Å². The number of piperidine rings is 1. The Kier molecular flexibility index (Phi) is 7.35. The van der Waals surface area contributed by atoms with Crippen molar-refractivity contribution in [2.24, 2.45) is 5.92 Å². The van der Waals surface area contributed by atoms with Crippen molar-refractivity contribution in [1.82, 2.24) is 9.80 Å². The number of thiophene rings is 1. The average Bonchev–Trinajstić information content (AvgIpc) is 3.43. The zero-order chi connectivity index (χ0) is 24.2. The number of likely N-dealkylation sites (N-methyl/N-ethyl adjacent to an activating group) is 1. The number of fused-ring (bicyclic) bond motifs is 1. The van der Waals surface area contributed by atoms with E-state index in [2.05, 4.69) is 17.0 Å². The van der Waals surface area contributed by atoms with E-state index >= 15 is 0 Å². The fourth-order valence-electron chi connectivity index (χ4n) is 5.17. The predicted molar refractivity (Wildman–Crippen MR) is 136 cm³/mol. The molecule has 5 nitrogen and oxygen atoms in total. The maximum Gasteiger partial charge on any atom is 0.263 e. The van der Waals surface area contributed by atoms with Crippen molar-refractivity contribution in [2.45, 2.75) is 31.8 Å². The maximum absolute atomic E-state index is 14.6. The molecule has 0 spiro atoms. The third kappa shape index (κ3) is 5.52. The summed E-state index contributed by atoms with van der Waals surface area (Å²) in [7, 11) is 1.87. The van der Waals surface area contributed by atoms with Crippen LogP contribution in [-0.2, 0) is 13.0 Å². The van der Waals surface area contributed by atoms with Crippen LogP contribution in [0.5, 0.6) is 11.5 Å². The lowest BCUT2D eigenvalue weighted by molar-refractivity contribution is 0.0587. The number of carbonyl (C=O) groups is 1. The molecular weight excluding hydrogens is 463 g/mol. The van der Waals surface area contributed by atoms with E-state index in [1.165, 1.54) is 23.0 Å². The van der Waals surface area contributed by atoms with E-state index in [1.54, 1.807) is 6.07 Å². The fraction of sp³-hybridized carbons (Fsp3) is 0.393. The Morgan fingerprint density at radius 1 is 1.09 bits per heavy atom. The van der Waals surface area contributed by atoms with Crippen molar-refractivity contribution in [1.29, 1.82) is 0 Å². The Balaban J connectivity index is 1.27. The molecule has 3 heterocycles. The van der Waals surface area contributed by atoms with Gasteiger partial charge in [0.15, 0.2) is 11.5 Å². The van der Waals surface area contributed by atoms with E-state index in [0.717, 1.165) is 48.9 Å². The van der Waals surface area contributed by atoms with Crippen molar-refractivity contribution in [2.75, 3.05) is 33.4 Å². The molecule has 0 aliphatic carbocycles. The van der Waals surface area contributed by atoms with Gasteiger partial charge in [0.05, 0.1) is 4.88 Å². The van der Waals surface area contributed by atoms with E-state index in [1.807, 2.05) is 47.7 Å². The first kappa shape index (κ1) is 23.8. The van der Waals surface area contributed by atoms with Crippen LogP contribution >= 0.6 is 11.3 Å². The maximum atomic E-state index is 14.6. The monoisotopic (exact) mass is 494 g/mol. The van der Waals surface area contributed by atoms with Crippen molar-refractivity contribution in [3.63, 3.8) is 0 Å². The summed E-state index contributed by atoms with van der Waals surface area (Å²) in [5, 5.41) is 1.92. The Hall–Kier alpha value is -2.90. The van der Waals surface area contributed by atoms with Gasteiger partial charge >= 0.3 is 0 Å². The van der Waals surface area contributed by atoms with Gasteiger partial charge in [0.25, 0.3) is 5.91 Å². The summed E-state index contributed by atoms with van der Waals surface area (Å²) < 4.78 is 25.9. The number of carbonyl (C=O) groups excluding carboxylic acids is 1. The fourth-order valence-corrected chi connectivity index (χ4v) is 5.88. The number of halogens is 1. The number of hydrogen-bond acceptors (Lipinski definition) is 5. The molecule has 0 saturated carbocycles. The Bertz CT molecular complexity index is 1140. The highest BCUT2D eigenvalue weighted by Crippen LogP contribution is 2.33. The van der Waals surface area contributed by atoms with Gasteiger partial charge in [-0.3, -0.25) is 9.69 Å². The number of nitrogens with zero attached hydrogens (tertiary/aromatic N) is 2. The lowest BCUT2D eigenvalue weighted by Crippen LogP contribution is -2.47. The molecule has 2 aromatic carbocycles. The molecule has 0 radical (unpaired) electrons. The summed E-state index contributed by atoms with van der Waals surface area (Å²) in [5.41, 5.74) is 1.88. The molecule has 1 fully saturated rings. The third-order valence-electron chi connectivity index (χ3n) is 7.13. The van der Waals surface area contributed by atoms with Gasteiger partial charge in [-0.1, -0.05) is 30.3 Å². The Labute approximate surface area is 210 Å². The van der Waals surface area contributed by atoms with Gasteiger partial charge in [0.1, 0.15) is 19.0 Å². The van der Waals surface area contributed by atoms with Crippen LogP contribution < -0.4 is 9.47 Å². The lowest BCUT2D eigenvalue weighted by atomic mass is 9.84. The normalized spacial score (nSPS) is 17.2. The molecule has 2 aliphatic heterocycles. The van der Waals surface area contributed by atoms with Crippen LogP contribution in [0.15, 0.2) is 60.0 Å². The van der Waals surface area contributed by atoms with Crippen LogP contribution in [-0.4, -0.2) is 55.1 Å². The van der Waals surface area contributed by atoms with Crippen LogP contribution in [0.1, 0.15) is 33.6 Å². The second-order valence-corrected chi connectivity index (χ2v) is 10.3. The summed E-state index contributed by atoms with van der Waals surface area (Å²) in [6.07, 6.45) is 2.45. The summed E-state index contributed by atoms with van der Waals surface area (Å²) in [6.45, 7) is 3.91. The predicted octanol–water partition coefficient (Wildman–Crippen LogP) is 5.25. The summed E-state index contributed by atoms with van der Waals surface area (Å²) in [6, 6.07) is 16.8. The minimum Gasteiger partial charge on any atom is -0.486 e. The van der Waals surface area contributed by atoms with Crippen LogP contribution in [0.2, 0.25) is 0 Å². The van der Waals surface area contributed by atoms with E-state index in [9.17, 15) is 9.18 Å². The number of rotatable bonds is 7. The molecule has 1 aromatic heterocycles. The van der Waals surface area contributed by atoms with Gasteiger partial charge in [0, 0.05) is 19.6 Å². The largest absolute Gasteiger partial charge is 0.486 e. The molecule has 0 N–H and O–H groups in total. The molecule has 35 heavy (non-hydrogen) atoms. The number of hydrogen-bond donors (Lipinski definition) is 0.